The molecule has 1 amide bonds. The third-order valence-electron chi connectivity index (χ3n) is 3.16. The lowest BCUT2D eigenvalue weighted by molar-refractivity contribution is -0.131. The molecule has 0 aromatic carbocycles. The van der Waals surface area contributed by atoms with Crippen LogP contribution < -0.4 is 14.8 Å². The summed E-state index contributed by atoms with van der Waals surface area (Å²) >= 11 is 0. The maximum Gasteiger partial charge on any atom is 0.239 e. The lowest BCUT2D eigenvalue weighted by Gasteiger charge is -2.21. The number of carbonyl (C=O) groups is 1. The highest BCUT2D eigenvalue weighted by molar-refractivity contribution is 5.81. The lowest BCUT2D eigenvalue weighted by atomic mass is 10.2. The van der Waals surface area contributed by atoms with E-state index < -0.39 is 0 Å². The Labute approximate surface area is 120 Å². The molecule has 0 bridgehead atoms. The number of aromatic nitrogens is 1. The van der Waals surface area contributed by atoms with Crippen LogP contribution in [-0.2, 0) is 11.3 Å². The standard InChI is InChI=1S/C14H23N3O3/c1-6-17(3)14(18)10(2)16-9-11-13(20-5)12(19-4)7-8-15-11/h7-8,10,16H,6,9H2,1-5H3. The Kier molecular flexibility index (Phi) is 6.24. The molecule has 1 aromatic rings. The van der Waals surface area contributed by atoms with E-state index >= 15 is 0 Å². The predicted octanol–water partition coefficient (Wildman–Crippen LogP) is 1.06. The Bertz CT molecular complexity index is 451. The highest BCUT2D eigenvalue weighted by Crippen LogP contribution is 2.28. The van der Waals surface area contributed by atoms with Crippen LogP contribution >= 0.6 is 0 Å². The molecule has 20 heavy (non-hydrogen) atoms. The summed E-state index contributed by atoms with van der Waals surface area (Å²) in [5, 5.41) is 3.15. The Morgan fingerprint density at radius 2 is 2.15 bits per heavy atom. The van der Waals surface area contributed by atoms with Crippen molar-refractivity contribution in [1.29, 1.82) is 0 Å². The Morgan fingerprint density at radius 1 is 1.45 bits per heavy atom. The first-order valence-electron chi connectivity index (χ1n) is 6.59. The van der Waals surface area contributed by atoms with Crippen molar-refractivity contribution in [2.75, 3.05) is 27.8 Å². The lowest BCUT2D eigenvalue weighted by Crippen LogP contribution is -2.42. The van der Waals surface area contributed by atoms with Crippen LogP contribution in [0.25, 0.3) is 0 Å². The summed E-state index contributed by atoms with van der Waals surface area (Å²) < 4.78 is 10.5. The molecule has 0 aliphatic heterocycles. The molecule has 0 saturated heterocycles. The number of hydrogen-bond donors (Lipinski definition) is 1. The van der Waals surface area contributed by atoms with Gasteiger partial charge in [-0.2, -0.15) is 0 Å². The van der Waals surface area contributed by atoms with E-state index in [2.05, 4.69) is 10.3 Å². The molecular weight excluding hydrogens is 258 g/mol. The van der Waals surface area contributed by atoms with Gasteiger partial charge in [-0.15, -0.1) is 0 Å². The number of rotatable bonds is 7. The fourth-order valence-electron chi connectivity index (χ4n) is 1.80. The van der Waals surface area contributed by atoms with E-state index in [1.54, 1.807) is 38.4 Å². The molecule has 1 aromatic heterocycles. The van der Waals surface area contributed by atoms with Crippen molar-refractivity contribution in [1.82, 2.24) is 15.2 Å². The highest BCUT2D eigenvalue weighted by atomic mass is 16.5. The number of methoxy groups -OCH3 is 2. The normalized spacial score (nSPS) is 11.8. The number of nitrogens with zero attached hydrogens (tertiary/aromatic N) is 2. The van der Waals surface area contributed by atoms with E-state index in [0.29, 0.717) is 30.3 Å². The third-order valence-corrected chi connectivity index (χ3v) is 3.16. The van der Waals surface area contributed by atoms with E-state index in [-0.39, 0.29) is 11.9 Å². The first-order valence-corrected chi connectivity index (χ1v) is 6.59. The van der Waals surface area contributed by atoms with Crippen LogP contribution in [0.2, 0.25) is 0 Å². The van der Waals surface area contributed by atoms with Crippen LogP contribution in [0.15, 0.2) is 12.3 Å². The van der Waals surface area contributed by atoms with Gasteiger partial charge in [0.2, 0.25) is 5.91 Å². The predicted molar refractivity (Wildman–Crippen MR) is 77.0 cm³/mol. The number of ether oxygens (including phenoxy) is 2. The van der Waals surface area contributed by atoms with Gasteiger partial charge in [0.25, 0.3) is 0 Å². The Balaban J connectivity index is 2.73. The van der Waals surface area contributed by atoms with Crippen LogP contribution in [0.5, 0.6) is 11.5 Å². The molecule has 1 atom stereocenters. The van der Waals surface area contributed by atoms with Gasteiger partial charge in [-0.3, -0.25) is 9.78 Å². The minimum atomic E-state index is -0.280. The molecule has 6 heteroatoms. The second-order valence-corrected chi connectivity index (χ2v) is 4.45. The molecule has 1 N–H and O–H groups in total. The fourth-order valence-corrected chi connectivity index (χ4v) is 1.80. The summed E-state index contributed by atoms with van der Waals surface area (Å²) in [5.74, 6) is 1.27. The van der Waals surface area contributed by atoms with Gasteiger partial charge in [-0.25, -0.2) is 0 Å². The first kappa shape index (κ1) is 16.2. The number of carbonyl (C=O) groups excluding carboxylic acids is 1. The maximum absolute atomic E-state index is 12.0. The smallest absolute Gasteiger partial charge is 0.239 e. The van der Waals surface area contributed by atoms with E-state index in [9.17, 15) is 4.79 Å². The number of amides is 1. The van der Waals surface area contributed by atoms with E-state index in [4.69, 9.17) is 9.47 Å². The Morgan fingerprint density at radius 3 is 2.70 bits per heavy atom. The molecule has 112 valence electrons. The van der Waals surface area contributed by atoms with Crippen LogP contribution in [-0.4, -0.2) is 49.6 Å². The monoisotopic (exact) mass is 281 g/mol. The maximum atomic E-state index is 12.0. The van der Waals surface area contributed by atoms with Gasteiger partial charge in [0.1, 0.15) is 0 Å². The van der Waals surface area contributed by atoms with Gasteiger partial charge in [0.05, 0.1) is 26.0 Å². The summed E-state index contributed by atoms with van der Waals surface area (Å²) in [6.45, 7) is 4.90. The second kappa shape index (κ2) is 7.69. The summed E-state index contributed by atoms with van der Waals surface area (Å²) in [4.78, 5) is 17.9. The topological polar surface area (TPSA) is 63.7 Å². The summed E-state index contributed by atoms with van der Waals surface area (Å²) in [6, 6.07) is 1.46. The largest absolute Gasteiger partial charge is 0.493 e. The zero-order valence-corrected chi connectivity index (χ0v) is 12.8. The molecule has 1 rings (SSSR count). The van der Waals surface area contributed by atoms with Crippen LogP contribution in [0, 0.1) is 0 Å². The third kappa shape index (κ3) is 3.84. The molecule has 0 aliphatic rings. The second-order valence-electron chi connectivity index (χ2n) is 4.45. The van der Waals surface area contributed by atoms with Gasteiger partial charge < -0.3 is 19.7 Å². The summed E-state index contributed by atoms with van der Waals surface area (Å²) in [7, 11) is 4.94. The SMILES string of the molecule is CCN(C)C(=O)C(C)NCc1nccc(OC)c1OC. The van der Waals surface area contributed by atoms with Gasteiger partial charge >= 0.3 is 0 Å². The molecule has 0 radical (unpaired) electrons. The minimum absolute atomic E-state index is 0.0503. The molecule has 1 unspecified atom stereocenters. The number of nitrogens with one attached hydrogen (secondary N) is 1. The summed E-state index contributed by atoms with van der Waals surface area (Å²) in [5.41, 5.74) is 0.714. The average Bonchev–Trinajstić information content (AvgIpc) is 2.50. The van der Waals surface area contributed by atoms with Crippen molar-refractivity contribution >= 4 is 5.91 Å². The zero-order valence-electron chi connectivity index (χ0n) is 12.8. The molecule has 0 fully saturated rings. The van der Waals surface area contributed by atoms with Crippen LogP contribution in [0.4, 0.5) is 0 Å². The molecule has 0 saturated carbocycles. The molecular formula is C14H23N3O3. The van der Waals surface area contributed by atoms with E-state index in [0.717, 1.165) is 0 Å². The van der Waals surface area contributed by atoms with Crippen molar-refractivity contribution in [3.63, 3.8) is 0 Å². The average molecular weight is 281 g/mol. The molecule has 6 nitrogen and oxygen atoms in total. The number of likely N-dealkylation sites (N-methyl/N-ethyl adjacent to an activating group) is 1. The van der Waals surface area contributed by atoms with Crippen molar-refractivity contribution in [2.24, 2.45) is 0 Å². The van der Waals surface area contributed by atoms with Gasteiger partial charge in [0.15, 0.2) is 11.5 Å². The van der Waals surface area contributed by atoms with E-state index in [1.807, 2.05) is 13.8 Å². The number of hydrogen-bond acceptors (Lipinski definition) is 5. The minimum Gasteiger partial charge on any atom is -0.493 e. The van der Waals surface area contributed by atoms with Crippen molar-refractivity contribution in [2.45, 2.75) is 26.4 Å². The molecule has 0 spiro atoms. The van der Waals surface area contributed by atoms with Gasteiger partial charge in [0, 0.05) is 32.4 Å². The van der Waals surface area contributed by atoms with Gasteiger partial charge in [-0.05, 0) is 13.8 Å². The first-order chi connectivity index (χ1) is 9.54. The highest BCUT2D eigenvalue weighted by Gasteiger charge is 2.17. The van der Waals surface area contributed by atoms with Crippen molar-refractivity contribution in [3.8, 4) is 11.5 Å². The fraction of sp³-hybridized carbons (Fsp3) is 0.571. The Hall–Kier alpha value is -1.82. The van der Waals surface area contributed by atoms with Crippen molar-refractivity contribution < 1.29 is 14.3 Å². The zero-order chi connectivity index (χ0) is 15.1. The van der Waals surface area contributed by atoms with Crippen molar-refractivity contribution in [3.05, 3.63) is 18.0 Å². The van der Waals surface area contributed by atoms with Gasteiger partial charge in [-0.1, -0.05) is 0 Å². The summed E-state index contributed by atoms with van der Waals surface area (Å²) in [6.07, 6.45) is 1.66. The molecule has 1 heterocycles. The molecule has 0 aliphatic carbocycles. The quantitative estimate of drug-likeness (QED) is 0.809. The van der Waals surface area contributed by atoms with Crippen LogP contribution in [0.1, 0.15) is 19.5 Å². The van der Waals surface area contributed by atoms with Crippen LogP contribution in [0.3, 0.4) is 0 Å². The van der Waals surface area contributed by atoms with E-state index in [1.165, 1.54) is 0 Å². The number of pyridine rings is 1.